The van der Waals surface area contributed by atoms with Gasteiger partial charge in [0.1, 0.15) is 11.9 Å². The first kappa shape index (κ1) is 27.3. The Hall–Kier alpha value is -3.33. The van der Waals surface area contributed by atoms with E-state index in [9.17, 15) is 22.8 Å². The molecular weight excluding hydrogens is 491 g/mol. The zero-order chi connectivity index (χ0) is 26.3. The Morgan fingerprint density at radius 1 is 0.944 bits per heavy atom. The molecule has 1 aromatic heterocycles. The van der Waals surface area contributed by atoms with Crippen molar-refractivity contribution in [2.75, 3.05) is 6.54 Å². The van der Waals surface area contributed by atoms with Gasteiger partial charge in [0, 0.05) is 11.4 Å². The molecular formula is C27H28F3NO4S. The lowest BCUT2D eigenvalue weighted by Gasteiger charge is -2.19. The van der Waals surface area contributed by atoms with Crippen molar-refractivity contribution in [3.63, 3.8) is 0 Å². The van der Waals surface area contributed by atoms with Crippen molar-refractivity contribution in [3.05, 3.63) is 76.0 Å². The van der Waals surface area contributed by atoms with Gasteiger partial charge in [0.15, 0.2) is 0 Å². The molecule has 36 heavy (non-hydrogen) atoms. The van der Waals surface area contributed by atoms with E-state index in [0.29, 0.717) is 22.1 Å². The highest BCUT2D eigenvalue weighted by molar-refractivity contribution is 7.14. The van der Waals surface area contributed by atoms with E-state index in [1.165, 1.54) is 23.5 Å². The monoisotopic (exact) mass is 519 g/mol. The van der Waals surface area contributed by atoms with Crippen LogP contribution in [0.5, 0.6) is 5.75 Å². The van der Waals surface area contributed by atoms with Gasteiger partial charge in [-0.3, -0.25) is 9.59 Å². The second-order valence-corrected chi connectivity index (χ2v) is 9.89. The van der Waals surface area contributed by atoms with E-state index in [-0.39, 0.29) is 25.0 Å². The molecule has 2 N–H and O–H groups in total. The van der Waals surface area contributed by atoms with Crippen LogP contribution < -0.4 is 10.1 Å². The van der Waals surface area contributed by atoms with Crippen molar-refractivity contribution in [2.24, 2.45) is 5.92 Å². The number of ether oxygens (including phenoxy) is 1. The van der Waals surface area contributed by atoms with Gasteiger partial charge in [-0.2, -0.15) is 13.2 Å². The molecule has 5 nitrogen and oxygen atoms in total. The molecule has 9 heteroatoms. The Balaban J connectivity index is 1.71. The number of carbonyl (C=O) groups excluding carboxylic acids is 1. The summed E-state index contributed by atoms with van der Waals surface area (Å²) in [5, 5.41) is 11.3. The maximum Gasteiger partial charge on any atom is 0.416 e. The third-order valence-electron chi connectivity index (χ3n) is 5.48. The molecule has 0 aliphatic rings. The highest BCUT2D eigenvalue weighted by Gasteiger charge is 2.30. The van der Waals surface area contributed by atoms with E-state index in [1.54, 1.807) is 30.3 Å². The van der Waals surface area contributed by atoms with Gasteiger partial charge in [0.05, 0.1) is 16.9 Å². The Morgan fingerprint density at radius 2 is 1.56 bits per heavy atom. The predicted octanol–water partition coefficient (Wildman–Crippen LogP) is 7.19. The number of carboxylic acids is 1. The number of thiophene rings is 1. The number of nitrogens with one attached hydrogen (secondary N) is 1. The number of rotatable bonds is 11. The average Bonchev–Trinajstić information content (AvgIpc) is 3.32. The first-order valence-corrected chi connectivity index (χ1v) is 12.4. The predicted molar refractivity (Wildman–Crippen MR) is 133 cm³/mol. The molecule has 0 fully saturated rings. The molecule has 0 saturated heterocycles. The van der Waals surface area contributed by atoms with E-state index in [4.69, 9.17) is 9.84 Å². The van der Waals surface area contributed by atoms with E-state index in [0.717, 1.165) is 35.4 Å². The quantitative estimate of drug-likeness (QED) is 0.281. The van der Waals surface area contributed by atoms with Gasteiger partial charge in [-0.25, -0.2) is 0 Å². The Kier molecular flexibility index (Phi) is 9.14. The average molecular weight is 520 g/mol. The summed E-state index contributed by atoms with van der Waals surface area (Å²) < 4.78 is 44.7. The molecule has 0 radical (unpaired) electrons. The van der Waals surface area contributed by atoms with Crippen LogP contribution in [0, 0.1) is 5.92 Å². The summed E-state index contributed by atoms with van der Waals surface area (Å²) in [4.78, 5) is 24.4. The van der Waals surface area contributed by atoms with E-state index < -0.39 is 17.7 Å². The number of carbonyl (C=O) groups is 2. The molecule has 3 rings (SSSR count). The van der Waals surface area contributed by atoms with Crippen LogP contribution in [0.1, 0.15) is 59.3 Å². The molecule has 3 aromatic rings. The molecule has 1 amide bonds. The van der Waals surface area contributed by atoms with Crippen LogP contribution in [0.3, 0.4) is 0 Å². The third-order valence-corrected chi connectivity index (χ3v) is 6.65. The maximum atomic E-state index is 12.8. The standard InChI is InChI=1S/C27H28F3NO4S/c1-17(2)3-12-22(23-13-14-24(36-23)26(34)31-16-15-25(32)33)35-21-10-6-19(7-11-21)18-4-8-20(9-5-18)27(28,29)30/h4-11,13-14,17,22H,3,12,15-16H2,1-2H3,(H,31,34)(H,32,33)/t22-/m1/s1. The molecule has 1 atom stereocenters. The fourth-order valence-corrected chi connectivity index (χ4v) is 4.49. The molecule has 192 valence electrons. The number of alkyl halides is 3. The molecule has 0 aliphatic carbocycles. The van der Waals surface area contributed by atoms with Crippen molar-refractivity contribution in [1.29, 1.82) is 0 Å². The fourth-order valence-electron chi connectivity index (χ4n) is 3.50. The fraction of sp³-hybridized carbons (Fsp3) is 0.333. The van der Waals surface area contributed by atoms with Crippen molar-refractivity contribution in [3.8, 4) is 16.9 Å². The topological polar surface area (TPSA) is 75.6 Å². The van der Waals surface area contributed by atoms with Gasteiger partial charge in [-0.15, -0.1) is 11.3 Å². The van der Waals surface area contributed by atoms with Crippen molar-refractivity contribution < 1.29 is 32.6 Å². The summed E-state index contributed by atoms with van der Waals surface area (Å²) in [6.45, 7) is 4.29. The van der Waals surface area contributed by atoms with Crippen LogP contribution in [0.25, 0.3) is 11.1 Å². The molecule has 0 spiro atoms. The Bertz CT molecular complexity index is 1160. The van der Waals surface area contributed by atoms with Gasteiger partial charge in [0.25, 0.3) is 5.91 Å². The summed E-state index contributed by atoms with van der Waals surface area (Å²) in [5.74, 6) is -0.234. The van der Waals surface area contributed by atoms with Crippen LogP contribution in [0.15, 0.2) is 60.7 Å². The van der Waals surface area contributed by atoms with Crippen LogP contribution in [-0.4, -0.2) is 23.5 Å². The zero-order valence-electron chi connectivity index (χ0n) is 20.0. The number of aliphatic carboxylic acids is 1. The lowest BCUT2D eigenvalue weighted by molar-refractivity contribution is -0.138. The summed E-state index contributed by atoms with van der Waals surface area (Å²) in [5.41, 5.74) is 0.749. The highest BCUT2D eigenvalue weighted by Crippen LogP contribution is 2.34. The lowest BCUT2D eigenvalue weighted by Crippen LogP contribution is -2.25. The largest absolute Gasteiger partial charge is 0.485 e. The van der Waals surface area contributed by atoms with Crippen LogP contribution in [0.4, 0.5) is 13.2 Å². The number of amides is 1. The summed E-state index contributed by atoms with van der Waals surface area (Å²) in [6, 6.07) is 15.7. The van der Waals surface area contributed by atoms with Crippen LogP contribution >= 0.6 is 11.3 Å². The van der Waals surface area contributed by atoms with E-state index in [1.807, 2.05) is 6.07 Å². The molecule has 2 aromatic carbocycles. The Labute approximate surface area is 211 Å². The van der Waals surface area contributed by atoms with Gasteiger partial charge in [-0.1, -0.05) is 38.1 Å². The number of halogens is 3. The van der Waals surface area contributed by atoms with Crippen molar-refractivity contribution >= 4 is 23.2 Å². The lowest BCUT2D eigenvalue weighted by atomic mass is 10.0. The van der Waals surface area contributed by atoms with Gasteiger partial charge in [0.2, 0.25) is 0 Å². The Morgan fingerprint density at radius 3 is 2.11 bits per heavy atom. The molecule has 0 aliphatic heterocycles. The number of carboxylic acid groups (broad SMARTS) is 1. The number of benzene rings is 2. The highest BCUT2D eigenvalue weighted by atomic mass is 32.1. The van der Waals surface area contributed by atoms with Crippen LogP contribution in [0.2, 0.25) is 0 Å². The molecule has 0 unspecified atom stereocenters. The number of hydrogen-bond donors (Lipinski definition) is 2. The first-order chi connectivity index (χ1) is 17.0. The van der Waals surface area contributed by atoms with Crippen LogP contribution in [-0.2, 0) is 11.0 Å². The minimum absolute atomic E-state index is 0.0555. The minimum atomic E-state index is -4.37. The second-order valence-electron chi connectivity index (χ2n) is 8.78. The SMILES string of the molecule is CC(C)CC[C@@H](Oc1ccc(-c2ccc(C(F)(F)F)cc2)cc1)c1ccc(C(=O)NCCC(=O)O)s1. The molecule has 0 bridgehead atoms. The third kappa shape index (κ3) is 7.84. The first-order valence-electron chi connectivity index (χ1n) is 11.6. The smallest absolute Gasteiger partial charge is 0.416 e. The van der Waals surface area contributed by atoms with Gasteiger partial charge >= 0.3 is 12.1 Å². The van der Waals surface area contributed by atoms with Gasteiger partial charge in [-0.05, 0) is 66.3 Å². The van der Waals surface area contributed by atoms with E-state index >= 15 is 0 Å². The minimum Gasteiger partial charge on any atom is -0.485 e. The zero-order valence-corrected chi connectivity index (χ0v) is 20.8. The van der Waals surface area contributed by atoms with Gasteiger partial charge < -0.3 is 15.2 Å². The van der Waals surface area contributed by atoms with Crippen molar-refractivity contribution in [2.45, 2.75) is 45.4 Å². The maximum absolute atomic E-state index is 12.8. The number of hydrogen-bond acceptors (Lipinski definition) is 4. The van der Waals surface area contributed by atoms with Crippen molar-refractivity contribution in [1.82, 2.24) is 5.32 Å². The molecule has 0 saturated carbocycles. The normalized spacial score (nSPS) is 12.4. The molecule has 1 heterocycles. The van der Waals surface area contributed by atoms with E-state index in [2.05, 4.69) is 19.2 Å². The summed E-state index contributed by atoms with van der Waals surface area (Å²) in [7, 11) is 0. The summed E-state index contributed by atoms with van der Waals surface area (Å²) >= 11 is 1.31. The second kappa shape index (κ2) is 12.1. The summed E-state index contributed by atoms with van der Waals surface area (Å²) in [6.07, 6.45) is -3.16.